The zero-order valence-corrected chi connectivity index (χ0v) is 19.1. The van der Waals surface area contributed by atoms with E-state index < -0.39 is 0 Å². The molecule has 0 atom stereocenters. The maximum absolute atomic E-state index is 5.25. The molecule has 1 saturated heterocycles. The van der Waals surface area contributed by atoms with Crippen LogP contribution in [0.1, 0.15) is 26.2 Å². The summed E-state index contributed by atoms with van der Waals surface area (Å²) in [7, 11) is 3.46. The van der Waals surface area contributed by atoms with Gasteiger partial charge in [-0.3, -0.25) is 4.99 Å². The van der Waals surface area contributed by atoms with Crippen LogP contribution in [-0.4, -0.2) is 67.7 Å². The Morgan fingerprint density at radius 2 is 2.04 bits per heavy atom. The lowest BCUT2D eigenvalue weighted by atomic mass is 10.2. The number of aromatic nitrogens is 2. The second kappa shape index (κ2) is 11.7. The molecule has 1 aliphatic rings. The molecule has 0 amide bonds. The Balaban J connectivity index is 0.00000312. The van der Waals surface area contributed by atoms with Gasteiger partial charge in [-0.25, -0.2) is 4.98 Å². The van der Waals surface area contributed by atoms with E-state index in [0.29, 0.717) is 11.8 Å². The highest BCUT2D eigenvalue weighted by molar-refractivity contribution is 14.0. The minimum absolute atomic E-state index is 0. The molecule has 2 heterocycles. The van der Waals surface area contributed by atoms with E-state index in [0.717, 1.165) is 43.2 Å². The van der Waals surface area contributed by atoms with Gasteiger partial charge in [-0.05, 0) is 22.4 Å². The summed E-state index contributed by atoms with van der Waals surface area (Å²) < 4.78 is 6.02. The average Bonchev–Trinajstić information content (AvgIpc) is 2.62. The van der Waals surface area contributed by atoms with Gasteiger partial charge < -0.3 is 19.9 Å². The highest BCUT2D eigenvalue weighted by Gasteiger charge is 2.21. The Morgan fingerprint density at radius 1 is 1.32 bits per heavy atom. The molecule has 1 aromatic rings. The molecule has 1 fully saturated rings. The first-order valence-electron chi connectivity index (χ1n) is 8.46. The fraction of sp³-hybridized carbons (Fsp3) is 0.688. The van der Waals surface area contributed by atoms with Crippen LogP contribution in [0.3, 0.4) is 0 Å². The molecule has 25 heavy (non-hydrogen) atoms. The fourth-order valence-electron chi connectivity index (χ4n) is 2.66. The third-order valence-corrected chi connectivity index (χ3v) is 4.57. The number of halogens is 2. The first kappa shape index (κ1) is 22.2. The molecular formula is C16H28BrIN6O. The minimum Gasteiger partial charge on any atom is -0.480 e. The van der Waals surface area contributed by atoms with Crippen molar-refractivity contribution < 1.29 is 4.74 Å². The molecule has 0 bridgehead atoms. The SMILES string of the molecule is CCCCCNC(=NC)N1CCN(c2ncc(Br)c(OC)n2)CC1.I. The van der Waals surface area contributed by atoms with Crippen LogP contribution in [0.25, 0.3) is 0 Å². The molecule has 0 spiro atoms. The summed E-state index contributed by atoms with van der Waals surface area (Å²) in [6, 6.07) is 0. The molecule has 9 heteroatoms. The van der Waals surface area contributed by atoms with E-state index in [-0.39, 0.29) is 24.0 Å². The van der Waals surface area contributed by atoms with Crippen LogP contribution in [-0.2, 0) is 0 Å². The van der Waals surface area contributed by atoms with E-state index in [1.165, 1.54) is 19.3 Å². The highest BCUT2D eigenvalue weighted by Crippen LogP contribution is 2.23. The van der Waals surface area contributed by atoms with Crippen molar-refractivity contribution in [3.05, 3.63) is 10.7 Å². The summed E-state index contributed by atoms with van der Waals surface area (Å²) in [4.78, 5) is 17.7. The molecule has 0 unspecified atom stereocenters. The van der Waals surface area contributed by atoms with Gasteiger partial charge in [-0.2, -0.15) is 4.98 Å². The van der Waals surface area contributed by atoms with Crippen molar-refractivity contribution in [1.82, 2.24) is 20.2 Å². The van der Waals surface area contributed by atoms with Crippen molar-refractivity contribution in [1.29, 1.82) is 0 Å². The van der Waals surface area contributed by atoms with Crippen LogP contribution in [0.2, 0.25) is 0 Å². The second-order valence-electron chi connectivity index (χ2n) is 5.68. The molecule has 1 aromatic heterocycles. The van der Waals surface area contributed by atoms with E-state index in [2.05, 4.69) is 52.9 Å². The number of anilines is 1. The number of unbranched alkanes of at least 4 members (excludes halogenated alkanes) is 2. The first-order valence-corrected chi connectivity index (χ1v) is 9.26. The van der Waals surface area contributed by atoms with Gasteiger partial charge in [0.05, 0.1) is 17.8 Å². The van der Waals surface area contributed by atoms with E-state index in [1.54, 1.807) is 13.3 Å². The van der Waals surface area contributed by atoms with E-state index >= 15 is 0 Å². The summed E-state index contributed by atoms with van der Waals surface area (Å²) in [6.07, 6.45) is 5.40. The summed E-state index contributed by atoms with van der Waals surface area (Å²) in [5.74, 6) is 2.26. The van der Waals surface area contributed by atoms with Crippen molar-refractivity contribution in [3.63, 3.8) is 0 Å². The summed E-state index contributed by atoms with van der Waals surface area (Å²) >= 11 is 3.39. The average molecular weight is 527 g/mol. The highest BCUT2D eigenvalue weighted by atomic mass is 127. The quantitative estimate of drug-likeness (QED) is 0.266. The second-order valence-corrected chi connectivity index (χ2v) is 6.54. The van der Waals surface area contributed by atoms with Gasteiger partial charge in [0.2, 0.25) is 11.8 Å². The smallest absolute Gasteiger partial charge is 0.232 e. The Labute approximate surface area is 175 Å². The summed E-state index contributed by atoms with van der Waals surface area (Å²) in [5.41, 5.74) is 0. The van der Waals surface area contributed by atoms with Crippen molar-refractivity contribution in [2.24, 2.45) is 4.99 Å². The lowest BCUT2D eigenvalue weighted by Crippen LogP contribution is -2.53. The molecule has 1 aliphatic heterocycles. The third-order valence-electron chi connectivity index (χ3n) is 4.03. The molecular weight excluding hydrogens is 499 g/mol. The van der Waals surface area contributed by atoms with Gasteiger partial charge in [-0.1, -0.05) is 19.8 Å². The number of nitrogens with zero attached hydrogens (tertiary/aromatic N) is 5. The maximum atomic E-state index is 5.25. The lowest BCUT2D eigenvalue weighted by molar-refractivity contribution is 0.366. The third kappa shape index (κ3) is 6.43. The predicted octanol–water partition coefficient (Wildman–Crippen LogP) is 2.75. The number of methoxy groups -OCH3 is 1. The zero-order chi connectivity index (χ0) is 17.4. The van der Waals surface area contributed by atoms with E-state index in [1.807, 2.05) is 7.05 Å². The van der Waals surface area contributed by atoms with Crippen LogP contribution >= 0.6 is 39.9 Å². The summed E-state index contributed by atoms with van der Waals surface area (Å²) in [5, 5.41) is 3.45. The van der Waals surface area contributed by atoms with E-state index in [4.69, 9.17) is 4.74 Å². The fourth-order valence-corrected chi connectivity index (χ4v) is 3.02. The van der Waals surface area contributed by atoms with Crippen LogP contribution in [0.15, 0.2) is 15.7 Å². The normalized spacial score (nSPS) is 15.0. The number of nitrogens with one attached hydrogen (secondary N) is 1. The molecule has 0 radical (unpaired) electrons. The lowest BCUT2D eigenvalue weighted by Gasteiger charge is -2.36. The number of piperazine rings is 1. The van der Waals surface area contributed by atoms with Gasteiger partial charge in [0, 0.05) is 39.8 Å². The van der Waals surface area contributed by atoms with Crippen molar-refractivity contribution in [2.75, 3.05) is 51.8 Å². The standard InChI is InChI=1S/C16H27BrN6O.HI/c1-4-5-6-7-19-15(18-2)22-8-10-23(11-9-22)16-20-12-13(17)14(21-16)24-3;/h12H,4-11H2,1-3H3,(H,18,19);1H. The van der Waals surface area contributed by atoms with E-state index in [9.17, 15) is 0 Å². The van der Waals surface area contributed by atoms with Gasteiger partial charge >= 0.3 is 0 Å². The molecule has 142 valence electrons. The molecule has 2 rings (SSSR count). The topological polar surface area (TPSA) is 65.9 Å². The van der Waals surface area contributed by atoms with Crippen LogP contribution in [0.4, 0.5) is 5.95 Å². The number of ether oxygens (including phenoxy) is 1. The van der Waals surface area contributed by atoms with Gasteiger partial charge in [0.25, 0.3) is 0 Å². The van der Waals surface area contributed by atoms with Crippen molar-refractivity contribution >= 4 is 51.8 Å². The number of guanidine groups is 1. The predicted molar refractivity (Wildman–Crippen MR) is 116 cm³/mol. The number of hydrogen-bond donors (Lipinski definition) is 1. The Hall–Kier alpha value is -0.840. The van der Waals surface area contributed by atoms with Gasteiger partial charge in [-0.15, -0.1) is 24.0 Å². The number of rotatable bonds is 6. The monoisotopic (exact) mass is 526 g/mol. The van der Waals surface area contributed by atoms with Gasteiger partial charge in [0.15, 0.2) is 5.96 Å². The molecule has 7 nitrogen and oxygen atoms in total. The van der Waals surface area contributed by atoms with Crippen LogP contribution < -0.4 is 15.0 Å². The van der Waals surface area contributed by atoms with Crippen molar-refractivity contribution in [2.45, 2.75) is 26.2 Å². The first-order chi connectivity index (χ1) is 11.7. The molecule has 0 saturated carbocycles. The van der Waals surface area contributed by atoms with Crippen LogP contribution in [0.5, 0.6) is 5.88 Å². The molecule has 1 N–H and O–H groups in total. The minimum atomic E-state index is 0. The number of aliphatic imine (C=N–C) groups is 1. The Morgan fingerprint density at radius 3 is 2.64 bits per heavy atom. The summed E-state index contributed by atoms with van der Waals surface area (Å²) in [6.45, 7) is 6.71. The van der Waals surface area contributed by atoms with Gasteiger partial charge in [0.1, 0.15) is 0 Å². The molecule has 0 aromatic carbocycles. The maximum Gasteiger partial charge on any atom is 0.232 e. The Bertz CT molecular complexity index is 551. The van der Waals surface area contributed by atoms with Crippen LogP contribution in [0, 0.1) is 0 Å². The van der Waals surface area contributed by atoms with Crippen molar-refractivity contribution in [3.8, 4) is 5.88 Å². The largest absolute Gasteiger partial charge is 0.480 e. The number of hydrogen-bond acceptors (Lipinski definition) is 5. The zero-order valence-electron chi connectivity index (χ0n) is 15.2. The molecule has 0 aliphatic carbocycles. The Kier molecular flexibility index (Phi) is 10.4.